The Hall–Kier alpha value is -0.200. The summed E-state index contributed by atoms with van der Waals surface area (Å²) in [6.45, 7) is 8.19. The fraction of sp³-hybridized carbons (Fsp3) is 1.00. The number of hydrogen-bond donors (Lipinski definition) is 1. The van der Waals surface area contributed by atoms with E-state index in [0.29, 0.717) is 12.6 Å². The van der Waals surface area contributed by atoms with Crippen molar-refractivity contribution in [3.8, 4) is 0 Å². The maximum absolute atomic E-state index is 5.99. The van der Waals surface area contributed by atoms with Crippen molar-refractivity contribution in [2.75, 3.05) is 47.4 Å². The molecule has 0 aromatic rings. The number of ether oxygens (including phenoxy) is 2. The van der Waals surface area contributed by atoms with Gasteiger partial charge in [0, 0.05) is 33.4 Å². The van der Waals surface area contributed by atoms with E-state index in [0.717, 1.165) is 13.1 Å². The normalized spacial score (nSPS) is 24.3. The van der Waals surface area contributed by atoms with Crippen LogP contribution in [-0.4, -0.2) is 75.1 Å². The first-order valence-electron chi connectivity index (χ1n) is 7.24. The van der Waals surface area contributed by atoms with E-state index in [4.69, 9.17) is 15.2 Å². The molecule has 1 fully saturated rings. The molecule has 5 heteroatoms. The maximum atomic E-state index is 5.99. The van der Waals surface area contributed by atoms with E-state index in [9.17, 15) is 0 Å². The summed E-state index contributed by atoms with van der Waals surface area (Å²) in [6, 6.07) is 0.621. The van der Waals surface area contributed by atoms with E-state index < -0.39 is 0 Å². The van der Waals surface area contributed by atoms with Crippen LogP contribution in [0.2, 0.25) is 0 Å². The van der Waals surface area contributed by atoms with Crippen molar-refractivity contribution >= 4 is 0 Å². The highest BCUT2D eigenvalue weighted by Gasteiger charge is 2.39. The van der Waals surface area contributed by atoms with Gasteiger partial charge in [-0.3, -0.25) is 9.80 Å². The fourth-order valence-corrected chi connectivity index (χ4v) is 3.08. The van der Waals surface area contributed by atoms with Crippen LogP contribution in [0.15, 0.2) is 0 Å². The Morgan fingerprint density at radius 3 is 2.53 bits per heavy atom. The third-order valence-electron chi connectivity index (χ3n) is 4.61. The molecule has 2 atom stereocenters. The maximum Gasteiger partial charge on any atom is 0.176 e. The van der Waals surface area contributed by atoms with Gasteiger partial charge in [-0.05, 0) is 39.9 Å². The number of rotatable bonds is 8. The second-order valence-corrected chi connectivity index (χ2v) is 5.67. The van der Waals surface area contributed by atoms with Gasteiger partial charge in [0.2, 0.25) is 0 Å². The minimum atomic E-state index is -0.307. The van der Waals surface area contributed by atoms with E-state index >= 15 is 0 Å². The molecule has 0 aromatic heterocycles. The number of methoxy groups -OCH3 is 2. The molecule has 0 aromatic carbocycles. The first kappa shape index (κ1) is 16.9. The minimum Gasteiger partial charge on any atom is -0.354 e. The number of nitrogens with zero attached hydrogens (tertiary/aromatic N) is 2. The first-order valence-corrected chi connectivity index (χ1v) is 7.24. The molecule has 1 aliphatic rings. The predicted octanol–water partition coefficient (Wildman–Crippen LogP) is 0.739. The van der Waals surface area contributed by atoms with Gasteiger partial charge in [-0.15, -0.1) is 0 Å². The van der Waals surface area contributed by atoms with Gasteiger partial charge in [-0.2, -0.15) is 0 Å². The molecule has 0 amide bonds. The Bertz CT molecular complexity index is 261. The molecule has 2 unspecified atom stereocenters. The molecular weight excluding hydrogens is 242 g/mol. The Morgan fingerprint density at radius 2 is 2.05 bits per heavy atom. The van der Waals surface area contributed by atoms with Crippen LogP contribution in [0.3, 0.4) is 0 Å². The van der Waals surface area contributed by atoms with Crippen LogP contribution in [0.4, 0.5) is 0 Å². The summed E-state index contributed by atoms with van der Waals surface area (Å²) < 4.78 is 10.9. The van der Waals surface area contributed by atoms with Crippen molar-refractivity contribution < 1.29 is 9.47 Å². The third-order valence-corrected chi connectivity index (χ3v) is 4.61. The van der Waals surface area contributed by atoms with Crippen LogP contribution >= 0.6 is 0 Å². The van der Waals surface area contributed by atoms with E-state index in [2.05, 4.69) is 30.7 Å². The van der Waals surface area contributed by atoms with Crippen molar-refractivity contribution in [2.24, 2.45) is 5.73 Å². The largest absolute Gasteiger partial charge is 0.354 e. The number of likely N-dealkylation sites (tertiary alicyclic amines) is 1. The molecule has 0 spiro atoms. The van der Waals surface area contributed by atoms with Gasteiger partial charge in [0.15, 0.2) is 6.29 Å². The van der Waals surface area contributed by atoms with E-state index in [1.165, 1.54) is 19.4 Å². The lowest BCUT2D eigenvalue weighted by atomic mass is 9.98. The Kier molecular flexibility index (Phi) is 6.69. The molecule has 0 aliphatic carbocycles. The highest BCUT2D eigenvalue weighted by Crippen LogP contribution is 2.24. The number of nitrogens with two attached hydrogens (primary N) is 1. The summed E-state index contributed by atoms with van der Waals surface area (Å²) >= 11 is 0. The van der Waals surface area contributed by atoms with Crippen LogP contribution in [0, 0.1) is 0 Å². The average molecular weight is 273 g/mol. The molecule has 114 valence electrons. The molecule has 1 aliphatic heterocycles. The topological polar surface area (TPSA) is 51.0 Å². The van der Waals surface area contributed by atoms with Crippen molar-refractivity contribution in [3.05, 3.63) is 0 Å². The van der Waals surface area contributed by atoms with Gasteiger partial charge in [0.25, 0.3) is 0 Å². The number of hydrogen-bond acceptors (Lipinski definition) is 5. The lowest BCUT2D eigenvalue weighted by Crippen LogP contribution is -2.61. The second kappa shape index (κ2) is 7.55. The lowest BCUT2D eigenvalue weighted by molar-refractivity contribution is -0.178. The van der Waals surface area contributed by atoms with Crippen LogP contribution in [0.5, 0.6) is 0 Å². The zero-order valence-electron chi connectivity index (χ0n) is 13.2. The standard InChI is InChI=1S/C14H31N3O2/c1-6-17-9-7-8-12(17)10-16(3)14(2,11-15)13(18-4)19-5/h12-13H,6-11,15H2,1-5H3. The molecule has 19 heavy (non-hydrogen) atoms. The molecule has 0 saturated carbocycles. The highest BCUT2D eigenvalue weighted by atomic mass is 16.7. The van der Waals surface area contributed by atoms with Gasteiger partial charge < -0.3 is 15.2 Å². The second-order valence-electron chi connectivity index (χ2n) is 5.67. The summed E-state index contributed by atoms with van der Waals surface area (Å²) in [5, 5.41) is 0. The van der Waals surface area contributed by atoms with Crippen LogP contribution < -0.4 is 5.73 Å². The zero-order valence-corrected chi connectivity index (χ0v) is 13.2. The zero-order chi connectivity index (χ0) is 14.5. The van der Waals surface area contributed by atoms with Crippen LogP contribution in [0.1, 0.15) is 26.7 Å². The van der Waals surface area contributed by atoms with Gasteiger partial charge >= 0.3 is 0 Å². The summed E-state index contributed by atoms with van der Waals surface area (Å²) in [4.78, 5) is 4.84. The molecule has 1 heterocycles. The SMILES string of the molecule is CCN1CCCC1CN(C)C(C)(CN)C(OC)OC. The Balaban J connectivity index is 2.70. The number of likely N-dealkylation sites (N-methyl/N-ethyl adjacent to an activating group) is 2. The highest BCUT2D eigenvalue weighted by molar-refractivity contribution is 4.92. The van der Waals surface area contributed by atoms with Crippen molar-refractivity contribution in [2.45, 2.75) is 44.6 Å². The van der Waals surface area contributed by atoms with E-state index in [1.807, 2.05) is 0 Å². The smallest absolute Gasteiger partial charge is 0.176 e. The quantitative estimate of drug-likeness (QED) is 0.661. The molecule has 1 rings (SSSR count). The van der Waals surface area contributed by atoms with Crippen molar-refractivity contribution in [1.29, 1.82) is 0 Å². The minimum absolute atomic E-state index is 0.300. The monoisotopic (exact) mass is 273 g/mol. The molecule has 5 nitrogen and oxygen atoms in total. The average Bonchev–Trinajstić information content (AvgIpc) is 2.86. The molecule has 2 N–H and O–H groups in total. The molecular formula is C14H31N3O2. The third kappa shape index (κ3) is 3.67. The molecule has 0 radical (unpaired) electrons. The van der Waals surface area contributed by atoms with Gasteiger partial charge in [-0.1, -0.05) is 6.92 Å². The summed E-state index contributed by atoms with van der Waals surface area (Å²) in [6.07, 6.45) is 2.26. The summed E-state index contributed by atoms with van der Waals surface area (Å²) in [5.41, 5.74) is 5.69. The Labute approximate surface area is 118 Å². The van der Waals surface area contributed by atoms with E-state index in [-0.39, 0.29) is 11.8 Å². The first-order chi connectivity index (χ1) is 9.03. The van der Waals surface area contributed by atoms with Crippen LogP contribution in [0.25, 0.3) is 0 Å². The summed E-state index contributed by atoms with van der Waals surface area (Å²) in [7, 11) is 5.46. The van der Waals surface area contributed by atoms with Crippen LogP contribution in [-0.2, 0) is 9.47 Å². The van der Waals surface area contributed by atoms with Gasteiger partial charge in [0.05, 0.1) is 5.54 Å². The van der Waals surface area contributed by atoms with Crippen molar-refractivity contribution in [1.82, 2.24) is 9.80 Å². The molecule has 1 saturated heterocycles. The lowest BCUT2D eigenvalue weighted by Gasteiger charge is -2.44. The van der Waals surface area contributed by atoms with E-state index in [1.54, 1.807) is 14.2 Å². The predicted molar refractivity (Wildman–Crippen MR) is 78.2 cm³/mol. The van der Waals surface area contributed by atoms with Gasteiger partial charge in [0.1, 0.15) is 0 Å². The van der Waals surface area contributed by atoms with Gasteiger partial charge in [-0.25, -0.2) is 0 Å². The fourth-order valence-electron chi connectivity index (χ4n) is 3.08. The Morgan fingerprint density at radius 1 is 1.42 bits per heavy atom. The van der Waals surface area contributed by atoms with Crippen molar-refractivity contribution in [3.63, 3.8) is 0 Å². The molecule has 0 bridgehead atoms. The summed E-state index contributed by atoms with van der Waals surface area (Å²) in [5.74, 6) is 0.